The summed E-state index contributed by atoms with van der Waals surface area (Å²) in [5, 5.41) is 8.30. The third-order valence-corrected chi connectivity index (χ3v) is 5.37. The fraction of sp³-hybridized carbons (Fsp3) is 0.522. The second-order valence-electron chi connectivity index (χ2n) is 8.04. The predicted octanol–water partition coefficient (Wildman–Crippen LogP) is 3.39. The summed E-state index contributed by atoms with van der Waals surface area (Å²) in [4.78, 5) is 14.8. The van der Waals surface area contributed by atoms with E-state index in [0.29, 0.717) is 25.0 Å². The van der Waals surface area contributed by atoms with Gasteiger partial charge in [-0.3, -0.25) is 4.90 Å². The standard InChI is InChI=1S/C23H33N3O3/c1-17(2)12-21(26-8-10-29-11-9-26)16-25-23(27)24-15-18-4-5-20-14-22(28-3)7-6-19(20)13-18/h4-7,13-14,17,21H,8-12,15-16H2,1-3H3,(H2,24,25,27)/t21-/m1/s1. The molecule has 1 atom stereocenters. The highest BCUT2D eigenvalue weighted by Gasteiger charge is 2.22. The van der Waals surface area contributed by atoms with Crippen molar-refractivity contribution >= 4 is 16.8 Å². The number of ether oxygens (including phenoxy) is 2. The number of rotatable bonds is 8. The number of nitrogens with zero attached hydrogens (tertiary/aromatic N) is 1. The van der Waals surface area contributed by atoms with Crippen LogP contribution >= 0.6 is 0 Å². The van der Waals surface area contributed by atoms with Gasteiger partial charge in [0.1, 0.15) is 5.75 Å². The molecule has 1 aliphatic rings. The first kappa shape index (κ1) is 21.4. The minimum Gasteiger partial charge on any atom is -0.497 e. The number of amides is 2. The highest BCUT2D eigenvalue weighted by molar-refractivity contribution is 5.84. The van der Waals surface area contributed by atoms with E-state index in [2.05, 4.69) is 41.5 Å². The summed E-state index contributed by atoms with van der Waals surface area (Å²) in [7, 11) is 1.67. The van der Waals surface area contributed by atoms with Gasteiger partial charge in [-0.05, 0) is 46.9 Å². The number of benzene rings is 2. The molecule has 1 saturated heterocycles. The maximum absolute atomic E-state index is 12.4. The van der Waals surface area contributed by atoms with E-state index in [9.17, 15) is 4.79 Å². The summed E-state index contributed by atoms with van der Waals surface area (Å²) in [6.45, 7) is 9.02. The lowest BCUT2D eigenvalue weighted by atomic mass is 10.0. The van der Waals surface area contributed by atoms with E-state index < -0.39 is 0 Å². The predicted molar refractivity (Wildman–Crippen MR) is 116 cm³/mol. The maximum atomic E-state index is 12.4. The molecular formula is C23H33N3O3. The number of nitrogens with one attached hydrogen (secondary N) is 2. The number of morpholine rings is 1. The SMILES string of the molecule is COc1ccc2cc(CNC(=O)NC[C@@H](CC(C)C)N3CCOCC3)ccc2c1. The fourth-order valence-electron chi connectivity index (χ4n) is 3.81. The molecule has 1 aliphatic heterocycles. The second-order valence-corrected chi connectivity index (χ2v) is 8.04. The minimum absolute atomic E-state index is 0.123. The van der Waals surface area contributed by atoms with Gasteiger partial charge in [-0.25, -0.2) is 4.79 Å². The molecule has 0 aliphatic carbocycles. The highest BCUT2D eigenvalue weighted by atomic mass is 16.5. The summed E-state index contributed by atoms with van der Waals surface area (Å²) in [6, 6.07) is 12.4. The van der Waals surface area contributed by atoms with Gasteiger partial charge in [0.15, 0.2) is 0 Å². The Balaban J connectivity index is 1.51. The average Bonchev–Trinajstić information content (AvgIpc) is 2.75. The Morgan fingerprint density at radius 1 is 1.10 bits per heavy atom. The second kappa shape index (κ2) is 10.5. The van der Waals surface area contributed by atoms with Crippen molar-refractivity contribution in [2.45, 2.75) is 32.9 Å². The van der Waals surface area contributed by atoms with Crippen LogP contribution in [0.15, 0.2) is 36.4 Å². The van der Waals surface area contributed by atoms with Crippen LogP contribution in [0.4, 0.5) is 4.79 Å². The van der Waals surface area contributed by atoms with Crippen molar-refractivity contribution in [3.63, 3.8) is 0 Å². The van der Waals surface area contributed by atoms with E-state index in [1.165, 1.54) is 0 Å². The number of urea groups is 1. The van der Waals surface area contributed by atoms with Crippen molar-refractivity contribution in [1.29, 1.82) is 0 Å². The first-order valence-corrected chi connectivity index (χ1v) is 10.5. The van der Waals surface area contributed by atoms with Gasteiger partial charge in [0.2, 0.25) is 0 Å². The summed E-state index contributed by atoms with van der Waals surface area (Å²) >= 11 is 0. The number of carbonyl (C=O) groups excluding carboxylic acids is 1. The van der Waals surface area contributed by atoms with Crippen molar-refractivity contribution in [3.8, 4) is 5.75 Å². The molecule has 0 aromatic heterocycles. The molecule has 0 bridgehead atoms. The van der Waals surface area contributed by atoms with Gasteiger partial charge in [0.25, 0.3) is 0 Å². The number of carbonyl (C=O) groups is 1. The Kier molecular flexibility index (Phi) is 7.72. The first-order chi connectivity index (χ1) is 14.0. The van der Waals surface area contributed by atoms with Crippen LogP contribution in [-0.2, 0) is 11.3 Å². The van der Waals surface area contributed by atoms with Crippen LogP contribution in [0.3, 0.4) is 0 Å². The molecule has 0 unspecified atom stereocenters. The number of fused-ring (bicyclic) bond motifs is 1. The van der Waals surface area contributed by atoms with Crippen LogP contribution in [0.25, 0.3) is 10.8 Å². The molecular weight excluding hydrogens is 366 g/mol. The molecule has 2 aromatic rings. The van der Waals surface area contributed by atoms with Crippen LogP contribution in [0.1, 0.15) is 25.8 Å². The molecule has 1 fully saturated rings. The molecule has 2 N–H and O–H groups in total. The summed E-state index contributed by atoms with van der Waals surface area (Å²) in [5.41, 5.74) is 1.07. The zero-order valence-electron chi connectivity index (χ0n) is 17.7. The molecule has 2 amide bonds. The first-order valence-electron chi connectivity index (χ1n) is 10.5. The van der Waals surface area contributed by atoms with E-state index in [1.54, 1.807) is 7.11 Å². The number of hydrogen-bond donors (Lipinski definition) is 2. The Morgan fingerprint density at radius 3 is 2.55 bits per heavy atom. The lowest BCUT2D eigenvalue weighted by Gasteiger charge is -2.35. The number of methoxy groups -OCH3 is 1. The quantitative estimate of drug-likeness (QED) is 0.714. The van der Waals surface area contributed by atoms with E-state index >= 15 is 0 Å². The van der Waals surface area contributed by atoms with Gasteiger partial charge in [0, 0.05) is 32.2 Å². The Morgan fingerprint density at radius 2 is 1.83 bits per heavy atom. The molecule has 0 radical (unpaired) electrons. The smallest absolute Gasteiger partial charge is 0.315 e. The average molecular weight is 400 g/mol. The molecule has 29 heavy (non-hydrogen) atoms. The molecule has 0 spiro atoms. The van der Waals surface area contributed by atoms with Crippen molar-refractivity contribution in [2.75, 3.05) is 40.0 Å². The van der Waals surface area contributed by atoms with E-state index in [-0.39, 0.29) is 6.03 Å². The lowest BCUT2D eigenvalue weighted by molar-refractivity contribution is 0.0129. The van der Waals surface area contributed by atoms with Crippen LogP contribution in [0, 0.1) is 5.92 Å². The van der Waals surface area contributed by atoms with Crippen LogP contribution in [0.5, 0.6) is 5.75 Å². The largest absolute Gasteiger partial charge is 0.497 e. The number of hydrogen-bond acceptors (Lipinski definition) is 4. The molecule has 2 aromatic carbocycles. The Bertz CT molecular complexity index is 803. The normalized spacial score (nSPS) is 16.0. The Labute approximate surface area is 173 Å². The maximum Gasteiger partial charge on any atom is 0.315 e. The third kappa shape index (κ3) is 6.34. The van der Waals surface area contributed by atoms with Crippen molar-refractivity contribution in [3.05, 3.63) is 42.0 Å². The zero-order chi connectivity index (χ0) is 20.6. The van der Waals surface area contributed by atoms with Gasteiger partial charge in [-0.1, -0.05) is 32.0 Å². The molecule has 3 rings (SSSR count). The van der Waals surface area contributed by atoms with E-state index in [0.717, 1.165) is 54.8 Å². The topological polar surface area (TPSA) is 62.8 Å². The molecule has 158 valence electrons. The van der Waals surface area contributed by atoms with Gasteiger partial charge >= 0.3 is 6.03 Å². The minimum atomic E-state index is -0.123. The zero-order valence-corrected chi connectivity index (χ0v) is 17.7. The van der Waals surface area contributed by atoms with E-state index in [1.807, 2.05) is 24.3 Å². The fourth-order valence-corrected chi connectivity index (χ4v) is 3.81. The van der Waals surface area contributed by atoms with Crippen molar-refractivity contribution in [2.24, 2.45) is 5.92 Å². The van der Waals surface area contributed by atoms with Gasteiger partial charge in [-0.15, -0.1) is 0 Å². The summed E-state index contributed by atoms with van der Waals surface area (Å²) in [6.07, 6.45) is 1.06. The van der Waals surface area contributed by atoms with Crippen LogP contribution in [0.2, 0.25) is 0 Å². The monoisotopic (exact) mass is 399 g/mol. The van der Waals surface area contributed by atoms with Crippen LogP contribution in [-0.4, -0.2) is 56.9 Å². The van der Waals surface area contributed by atoms with Crippen LogP contribution < -0.4 is 15.4 Å². The molecule has 0 saturated carbocycles. The Hall–Kier alpha value is -2.31. The third-order valence-electron chi connectivity index (χ3n) is 5.37. The molecule has 6 heteroatoms. The molecule has 6 nitrogen and oxygen atoms in total. The summed E-state index contributed by atoms with van der Waals surface area (Å²) in [5.74, 6) is 1.43. The van der Waals surface area contributed by atoms with Crippen molar-refractivity contribution in [1.82, 2.24) is 15.5 Å². The van der Waals surface area contributed by atoms with Gasteiger partial charge < -0.3 is 20.1 Å². The van der Waals surface area contributed by atoms with Gasteiger partial charge in [-0.2, -0.15) is 0 Å². The lowest BCUT2D eigenvalue weighted by Crippen LogP contribution is -2.50. The summed E-state index contributed by atoms with van der Waals surface area (Å²) < 4.78 is 10.7. The highest BCUT2D eigenvalue weighted by Crippen LogP contribution is 2.21. The van der Waals surface area contributed by atoms with Crippen molar-refractivity contribution < 1.29 is 14.3 Å². The van der Waals surface area contributed by atoms with E-state index in [4.69, 9.17) is 9.47 Å². The molecule has 1 heterocycles. The van der Waals surface area contributed by atoms with Gasteiger partial charge in [0.05, 0.1) is 20.3 Å².